The summed E-state index contributed by atoms with van der Waals surface area (Å²) in [5, 5.41) is 10.7. The van der Waals surface area contributed by atoms with Crippen LogP contribution in [0.3, 0.4) is 0 Å². The largest absolute Gasteiger partial charge is 0.493 e. The van der Waals surface area contributed by atoms with Gasteiger partial charge in [0.25, 0.3) is 5.56 Å². The van der Waals surface area contributed by atoms with Gasteiger partial charge in [-0.05, 0) is 76.1 Å². The van der Waals surface area contributed by atoms with E-state index in [0.717, 1.165) is 27.7 Å². The summed E-state index contributed by atoms with van der Waals surface area (Å²) in [6.45, 7) is 10.1. The van der Waals surface area contributed by atoms with E-state index in [9.17, 15) is 14.9 Å². The van der Waals surface area contributed by atoms with Crippen LogP contribution in [0.25, 0.3) is 17.0 Å². The first-order valence-corrected chi connectivity index (χ1v) is 16.6. The van der Waals surface area contributed by atoms with Crippen molar-refractivity contribution < 1.29 is 19.0 Å². The molecular formula is C38H36N4O5S. The van der Waals surface area contributed by atoms with Crippen molar-refractivity contribution in [3.05, 3.63) is 126 Å². The number of fused-ring (bicyclic) bond motifs is 2. The van der Waals surface area contributed by atoms with Gasteiger partial charge in [0.15, 0.2) is 16.3 Å². The Bertz CT molecular complexity index is 2320. The third-order valence-corrected chi connectivity index (χ3v) is 9.39. The molecule has 3 aromatic carbocycles. The number of carbonyl (C=O) groups is 1. The van der Waals surface area contributed by atoms with E-state index in [0.29, 0.717) is 49.8 Å². The summed E-state index contributed by atoms with van der Waals surface area (Å²) in [4.78, 5) is 33.1. The summed E-state index contributed by atoms with van der Waals surface area (Å²) in [7, 11) is 1.56. The van der Waals surface area contributed by atoms with Gasteiger partial charge >= 0.3 is 5.97 Å². The third-order valence-electron chi connectivity index (χ3n) is 8.40. The molecule has 0 aliphatic carbocycles. The van der Waals surface area contributed by atoms with Crippen LogP contribution in [0.1, 0.15) is 61.7 Å². The second-order valence-electron chi connectivity index (χ2n) is 11.8. The standard InChI is InChI=1S/C38H36N4O5S/c1-7-46-37(44)34-23(4)40-38-42(35(34)25-16-17-31(47-22(2)3)32(18-25)45-6)36(43)33(48-38)19-29-24(5)41(30-15-11-10-14-28(29)30)21-27-13-9-8-12-26(27)20-39/h8-19,22,35H,7,21H2,1-6H3/b33-19+/t35-/m1/s1. The summed E-state index contributed by atoms with van der Waals surface area (Å²) < 4.78 is 21.3. The molecule has 0 unspecified atom stereocenters. The molecule has 10 heteroatoms. The number of ether oxygens (including phenoxy) is 3. The van der Waals surface area contributed by atoms with Gasteiger partial charge < -0.3 is 18.8 Å². The minimum atomic E-state index is -0.797. The highest BCUT2D eigenvalue weighted by Crippen LogP contribution is 2.37. The van der Waals surface area contributed by atoms with Gasteiger partial charge in [0.2, 0.25) is 0 Å². The number of methoxy groups -OCH3 is 1. The molecule has 0 radical (unpaired) electrons. The average Bonchev–Trinajstić information content (AvgIpc) is 3.52. The summed E-state index contributed by atoms with van der Waals surface area (Å²) in [5.74, 6) is 0.518. The van der Waals surface area contributed by atoms with Crippen molar-refractivity contribution in [1.82, 2.24) is 9.13 Å². The Kier molecular flexibility index (Phi) is 9.07. The Morgan fingerprint density at radius 2 is 1.83 bits per heavy atom. The lowest BCUT2D eigenvalue weighted by Gasteiger charge is -2.25. The van der Waals surface area contributed by atoms with E-state index in [1.54, 1.807) is 37.7 Å². The number of hydrogen-bond donors (Lipinski definition) is 0. The van der Waals surface area contributed by atoms with Crippen LogP contribution in [-0.4, -0.2) is 34.9 Å². The second-order valence-corrected chi connectivity index (χ2v) is 12.8. The van der Waals surface area contributed by atoms with E-state index in [4.69, 9.17) is 19.2 Å². The summed E-state index contributed by atoms with van der Waals surface area (Å²) in [5.41, 5.74) is 5.56. The smallest absolute Gasteiger partial charge is 0.338 e. The molecule has 48 heavy (non-hydrogen) atoms. The van der Waals surface area contributed by atoms with Crippen LogP contribution in [0.2, 0.25) is 0 Å². The number of rotatable bonds is 9. The molecule has 0 amide bonds. The van der Waals surface area contributed by atoms with Gasteiger partial charge in [-0.2, -0.15) is 5.26 Å². The first-order valence-electron chi connectivity index (χ1n) is 15.8. The van der Waals surface area contributed by atoms with Crippen LogP contribution in [-0.2, 0) is 16.1 Å². The van der Waals surface area contributed by atoms with Gasteiger partial charge in [0, 0.05) is 28.7 Å². The van der Waals surface area contributed by atoms with Crippen molar-refractivity contribution in [2.45, 2.75) is 53.3 Å². The number of aromatic nitrogens is 2. The Balaban J connectivity index is 1.55. The second kappa shape index (κ2) is 13.4. The summed E-state index contributed by atoms with van der Waals surface area (Å²) in [6, 6.07) is 22.6. The monoisotopic (exact) mass is 660 g/mol. The van der Waals surface area contributed by atoms with Crippen molar-refractivity contribution in [2.75, 3.05) is 13.7 Å². The summed E-state index contributed by atoms with van der Waals surface area (Å²) in [6.07, 6.45) is 1.84. The van der Waals surface area contributed by atoms with E-state index in [2.05, 4.69) is 10.6 Å². The lowest BCUT2D eigenvalue weighted by atomic mass is 9.95. The van der Waals surface area contributed by atoms with Crippen LogP contribution in [0, 0.1) is 18.3 Å². The Morgan fingerprint density at radius 3 is 2.56 bits per heavy atom. The first kappa shape index (κ1) is 32.5. The van der Waals surface area contributed by atoms with Gasteiger partial charge in [-0.3, -0.25) is 9.36 Å². The molecule has 1 atom stereocenters. The van der Waals surface area contributed by atoms with Gasteiger partial charge in [-0.25, -0.2) is 9.79 Å². The summed E-state index contributed by atoms with van der Waals surface area (Å²) >= 11 is 1.28. The molecule has 244 valence electrons. The zero-order valence-corrected chi connectivity index (χ0v) is 28.6. The van der Waals surface area contributed by atoms with E-state index in [1.807, 2.05) is 81.4 Å². The zero-order valence-electron chi connectivity index (χ0n) is 27.7. The predicted octanol–water partition coefficient (Wildman–Crippen LogP) is 5.78. The predicted molar refractivity (Wildman–Crippen MR) is 186 cm³/mol. The molecule has 2 aromatic heterocycles. The molecule has 3 heterocycles. The number of thiazole rings is 1. The van der Waals surface area contributed by atoms with Gasteiger partial charge in [-0.1, -0.05) is 53.8 Å². The molecule has 0 fully saturated rings. The highest BCUT2D eigenvalue weighted by Gasteiger charge is 2.34. The number of esters is 1. The van der Waals surface area contributed by atoms with Crippen molar-refractivity contribution in [3.63, 3.8) is 0 Å². The van der Waals surface area contributed by atoms with E-state index >= 15 is 0 Å². The lowest BCUT2D eigenvalue weighted by molar-refractivity contribution is -0.139. The van der Waals surface area contributed by atoms with Crippen LogP contribution < -0.4 is 24.4 Å². The van der Waals surface area contributed by atoms with Crippen LogP contribution >= 0.6 is 11.3 Å². The molecule has 6 rings (SSSR count). The Labute approximate surface area is 282 Å². The fourth-order valence-electron chi connectivity index (χ4n) is 6.22. The van der Waals surface area contributed by atoms with E-state index in [1.165, 1.54) is 11.3 Å². The Hall–Kier alpha value is -5.40. The molecule has 0 bridgehead atoms. The lowest BCUT2D eigenvalue weighted by Crippen LogP contribution is -2.40. The number of carbonyl (C=O) groups excluding carboxylic acids is 1. The normalized spacial score (nSPS) is 14.5. The molecule has 1 aliphatic rings. The van der Waals surface area contributed by atoms with Crippen LogP contribution in [0.5, 0.6) is 11.5 Å². The molecule has 1 aliphatic heterocycles. The minimum Gasteiger partial charge on any atom is -0.493 e. The minimum absolute atomic E-state index is 0.0739. The maximum Gasteiger partial charge on any atom is 0.338 e. The number of para-hydroxylation sites is 1. The quantitative estimate of drug-likeness (QED) is 0.186. The number of allylic oxidation sites excluding steroid dienone is 1. The molecular weight excluding hydrogens is 625 g/mol. The average molecular weight is 661 g/mol. The van der Waals surface area contributed by atoms with E-state index in [-0.39, 0.29) is 18.3 Å². The molecule has 0 N–H and O–H groups in total. The third kappa shape index (κ3) is 5.82. The fraction of sp³-hybridized carbons (Fsp3) is 0.263. The van der Waals surface area contributed by atoms with Crippen molar-refractivity contribution in [3.8, 4) is 17.6 Å². The van der Waals surface area contributed by atoms with Crippen molar-refractivity contribution in [1.29, 1.82) is 5.26 Å². The first-order chi connectivity index (χ1) is 23.2. The highest BCUT2D eigenvalue weighted by molar-refractivity contribution is 7.07. The SMILES string of the molecule is CCOC(=O)C1=C(C)N=c2s/c(=C/c3c(C)n(Cc4ccccc4C#N)c4ccccc34)c(=O)n2[C@@H]1c1ccc(OC(C)C)c(OC)c1. The highest BCUT2D eigenvalue weighted by atomic mass is 32.1. The molecule has 0 spiro atoms. The van der Waals surface area contributed by atoms with Crippen molar-refractivity contribution in [2.24, 2.45) is 4.99 Å². The molecule has 0 saturated heterocycles. The van der Waals surface area contributed by atoms with Gasteiger partial charge in [0.1, 0.15) is 0 Å². The van der Waals surface area contributed by atoms with Gasteiger partial charge in [-0.15, -0.1) is 0 Å². The topological polar surface area (TPSA) is 108 Å². The Morgan fingerprint density at radius 1 is 1.08 bits per heavy atom. The van der Waals surface area contributed by atoms with Gasteiger partial charge in [0.05, 0.1) is 53.3 Å². The number of hydrogen-bond acceptors (Lipinski definition) is 8. The fourth-order valence-corrected chi connectivity index (χ4v) is 7.25. The van der Waals surface area contributed by atoms with Crippen LogP contribution in [0.15, 0.2) is 87.8 Å². The maximum atomic E-state index is 14.4. The number of nitriles is 1. The van der Waals surface area contributed by atoms with Crippen molar-refractivity contribution >= 4 is 34.3 Å². The number of nitrogens with zero attached hydrogens (tertiary/aromatic N) is 4. The molecule has 0 saturated carbocycles. The zero-order chi connectivity index (χ0) is 34.1. The molecule has 9 nitrogen and oxygen atoms in total. The van der Waals surface area contributed by atoms with E-state index < -0.39 is 12.0 Å². The number of benzene rings is 3. The maximum absolute atomic E-state index is 14.4. The van der Waals surface area contributed by atoms with Crippen LogP contribution in [0.4, 0.5) is 0 Å². The molecule has 5 aromatic rings.